The number of nitrogens with one attached hydrogen (secondary N) is 1. The molecule has 2 heterocycles. The van der Waals surface area contributed by atoms with Crippen LogP contribution in [0.2, 0.25) is 0 Å². The van der Waals surface area contributed by atoms with E-state index in [1.165, 1.54) is 0 Å². The molecule has 2 atom stereocenters. The van der Waals surface area contributed by atoms with Gasteiger partial charge >= 0.3 is 20.4 Å². The van der Waals surface area contributed by atoms with Gasteiger partial charge in [-0.1, -0.05) is 17.4 Å². The number of piperidine rings is 1. The number of hydrogen-bond acceptors (Lipinski definition) is 6. The summed E-state index contributed by atoms with van der Waals surface area (Å²) in [5, 5.41) is 9.93. The van der Waals surface area contributed by atoms with E-state index in [9.17, 15) is 31.5 Å². The van der Waals surface area contributed by atoms with Gasteiger partial charge in [0.1, 0.15) is 11.9 Å². The Balaban J connectivity index is 1.49. The molecule has 30 heavy (non-hydrogen) atoms. The zero-order chi connectivity index (χ0) is 21.7. The van der Waals surface area contributed by atoms with E-state index in [0.717, 1.165) is 22.5 Å². The van der Waals surface area contributed by atoms with E-state index in [0.29, 0.717) is 34.2 Å². The Hall–Kier alpha value is -2.05. The van der Waals surface area contributed by atoms with Crippen LogP contribution in [0.4, 0.5) is 13.2 Å². The van der Waals surface area contributed by atoms with Crippen molar-refractivity contribution in [2.45, 2.75) is 43.2 Å². The number of fused-ring (bicyclic) bond motifs is 1. The zero-order valence-corrected chi connectivity index (χ0v) is 17.2. The molecule has 2 N–H and O–H groups in total. The van der Waals surface area contributed by atoms with Crippen molar-refractivity contribution in [1.29, 1.82) is 0 Å². The van der Waals surface area contributed by atoms with E-state index >= 15 is 0 Å². The van der Waals surface area contributed by atoms with Crippen LogP contribution in [0.3, 0.4) is 0 Å². The van der Waals surface area contributed by atoms with Crippen LogP contribution in [-0.4, -0.2) is 47.5 Å². The van der Waals surface area contributed by atoms with Gasteiger partial charge in [-0.3, -0.25) is 9.78 Å². The Morgan fingerprint density at radius 1 is 1.27 bits per heavy atom. The number of rotatable bonds is 4. The summed E-state index contributed by atoms with van der Waals surface area (Å²) in [5.74, 6) is 0.216. The summed E-state index contributed by atoms with van der Waals surface area (Å²) >= 11 is 0.966. The van der Waals surface area contributed by atoms with Crippen LogP contribution in [-0.2, 0) is 16.4 Å². The van der Waals surface area contributed by atoms with Crippen LogP contribution in [0.5, 0.6) is 11.6 Å². The Morgan fingerprint density at radius 3 is 2.70 bits per heavy atom. The van der Waals surface area contributed by atoms with Gasteiger partial charge in [0.25, 0.3) is 0 Å². The van der Waals surface area contributed by atoms with Crippen molar-refractivity contribution in [3.8, 4) is 11.6 Å². The summed E-state index contributed by atoms with van der Waals surface area (Å²) in [4.78, 5) is 14.1. The second kappa shape index (κ2) is 7.57. The maximum Gasteiger partial charge on any atom is 0.511 e. The van der Waals surface area contributed by atoms with Crippen molar-refractivity contribution in [2.24, 2.45) is 0 Å². The number of ether oxygens (including phenoxy) is 1. The van der Waals surface area contributed by atoms with Crippen LogP contribution >= 0.6 is 11.3 Å². The van der Waals surface area contributed by atoms with E-state index in [4.69, 9.17) is 4.74 Å². The summed E-state index contributed by atoms with van der Waals surface area (Å²) < 4.78 is 68.0. The van der Waals surface area contributed by atoms with E-state index in [2.05, 4.69) is 4.98 Å². The number of sulfonamides is 1. The summed E-state index contributed by atoms with van der Waals surface area (Å²) in [6, 6.07) is 5.29. The molecule has 1 aromatic carbocycles. The maximum absolute atomic E-state index is 12.8. The highest BCUT2D eigenvalue weighted by Crippen LogP contribution is 2.43. The van der Waals surface area contributed by atoms with Gasteiger partial charge in [0, 0.05) is 12.5 Å². The first-order valence-corrected chi connectivity index (χ1v) is 11.6. The number of alkyl halides is 3. The third-order valence-corrected chi connectivity index (χ3v) is 8.02. The third-order valence-electron chi connectivity index (χ3n) is 5.44. The Morgan fingerprint density at radius 2 is 2.03 bits per heavy atom. The van der Waals surface area contributed by atoms with E-state index in [1.54, 1.807) is 12.1 Å². The zero-order valence-electron chi connectivity index (χ0n) is 15.6. The number of H-pyrrole nitrogens is 1. The predicted octanol–water partition coefficient (Wildman–Crippen LogP) is 2.91. The largest absolute Gasteiger partial charge is 0.511 e. The minimum Gasteiger partial charge on any atom is -0.494 e. The predicted molar refractivity (Wildman–Crippen MR) is 103 cm³/mol. The molecule has 0 radical (unpaired) electrons. The van der Waals surface area contributed by atoms with Crippen molar-refractivity contribution in [2.75, 3.05) is 13.1 Å². The van der Waals surface area contributed by atoms with Crippen molar-refractivity contribution in [3.63, 3.8) is 0 Å². The molecule has 2 aromatic rings. The standard InChI is InChI=1S/C18H19F3N2O5S2/c19-18(20,21)30(26,27)23-7-1-2-12(9-23)28-11-4-6-13-10(8-11)3-5-14(13)15-16(24)22-17(25)29-15/h4,6,8,12,14,24H,1-3,5,7,9H2,(H,22,25). The van der Waals surface area contributed by atoms with Crippen LogP contribution in [0.1, 0.15) is 41.2 Å². The van der Waals surface area contributed by atoms with Gasteiger partial charge in [-0.05, 0) is 48.9 Å². The molecule has 2 aliphatic rings. The second-order valence-corrected chi connectivity index (χ2v) is 10.3. The SMILES string of the molecule is O=c1[nH]c(O)c(C2CCc3cc(OC4CCCN(S(=O)(=O)C(F)(F)F)C4)ccc32)s1. The van der Waals surface area contributed by atoms with Gasteiger partial charge in [0.15, 0.2) is 0 Å². The molecule has 12 heteroatoms. The molecule has 1 aliphatic heterocycles. The molecule has 4 rings (SSSR count). The number of hydrogen-bond donors (Lipinski definition) is 2. The highest BCUT2D eigenvalue weighted by molar-refractivity contribution is 7.90. The molecule has 1 aliphatic carbocycles. The number of aromatic hydroxyl groups is 1. The first-order valence-electron chi connectivity index (χ1n) is 9.34. The van der Waals surface area contributed by atoms with Gasteiger partial charge in [-0.2, -0.15) is 17.5 Å². The monoisotopic (exact) mass is 464 g/mol. The maximum atomic E-state index is 12.8. The lowest BCUT2D eigenvalue weighted by Crippen LogP contribution is -2.48. The number of nitrogens with zero attached hydrogens (tertiary/aromatic N) is 1. The molecule has 1 fully saturated rings. The van der Waals surface area contributed by atoms with Crippen LogP contribution in [0, 0.1) is 0 Å². The van der Waals surface area contributed by atoms with E-state index in [-0.39, 0.29) is 36.2 Å². The number of aromatic amines is 1. The molecule has 2 unspecified atom stereocenters. The van der Waals surface area contributed by atoms with E-state index in [1.807, 2.05) is 6.07 Å². The molecule has 1 saturated heterocycles. The highest BCUT2D eigenvalue weighted by atomic mass is 32.2. The minimum atomic E-state index is -5.37. The summed E-state index contributed by atoms with van der Waals surface area (Å²) in [7, 11) is -5.37. The molecule has 0 amide bonds. The highest BCUT2D eigenvalue weighted by Gasteiger charge is 2.51. The topological polar surface area (TPSA) is 99.7 Å². The van der Waals surface area contributed by atoms with E-state index < -0.39 is 21.6 Å². The summed E-state index contributed by atoms with van der Waals surface area (Å²) in [6.07, 6.45) is 1.46. The summed E-state index contributed by atoms with van der Waals surface area (Å²) in [6.45, 7) is -0.538. The molecular formula is C18H19F3N2O5S2. The number of halogens is 3. The quantitative estimate of drug-likeness (QED) is 0.725. The Bertz CT molecular complexity index is 1110. The lowest BCUT2D eigenvalue weighted by molar-refractivity contribution is -0.0505. The fourth-order valence-electron chi connectivity index (χ4n) is 4.07. The molecule has 7 nitrogen and oxygen atoms in total. The minimum absolute atomic E-state index is 0.111. The van der Waals surface area contributed by atoms with Gasteiger partial charge in [-0.25, -0.2) is 8.42 Å². The number of benzene rings is 1. The van der Waals surface area contributed by atoms with Crippen LogP contribution < -0.4 is 9.61 Å². The Labute approximate surface area is 174 Å². The third kappa shape index (κ3) is 3.83. The first kappa shape index (κ1) is 21.2. The van der Waals surface area contributed by atoms with Gasteiger partial charge in [0.05, 0.1) is 11.4 Å². The second-order valence-electron chi connectivity index (χ2n) is 7.37. The smallest absolute Gasteiger partial charge is 0.494 e. The van der Waals surface area contributed by atoms with Crippen molar-refractivity contribution in [3.05, 3.63) is 43.9 Å². The average Bonchev–Trinajstić information content (AvgIpc) is 3.22. The number of thiazole rings is 1. The van der Waals surface area contributed by atoms with Gasteiger partial charge < -0.3 is 9.84 Å². The van der Waals surface area contributed by atoms with Gasteiger partial charge in [-0.15, -0.1) is 0 Å². The molecule has 164 valence electrons. The van der Waals surface area contributed by atoms with Crippen molar-refractivity contribution < 1.29 is 31.4 Å². The fraction of sp³-hybridized carbons (Fsp3) is 0.500. The van der Waals surface area contributed by atoms with Crippen molar-refractivity contribution in [1.82, 2.24) is 9.29 Å². The molecule has 0 saturated carbocycles. The lowest BCUT2D eigenvalue weighted by atomic mass is 10.00. The fourth-order valence-corrected chi connectivity index (χ4v) is 5.97. The average molecular weight is 464 g/mol. The molecule has 0 bridgehead atoms. The molecule has 0 spiro atoms. The molecule has 1 aromatic heterocycles. The number of aromatic nitrogens is 1. The summed E-state index contributed by atoms with van der Waals surface area (Å²) in [5.41, 5.74) is -3.40. The molecular weight excluding hydrogens is 445 g/mol. The normalized spacial score (nSPS) is 22.8. The van der Waals surface area contributed by atoms with Crippen LogP contribution in [0.15, 0.2) is 23.0 Å². The van der Waals surface area contributed by atoms with Gasteiger partial charge in [0.2, 0.25) is 5.88 Å². The Kier molecular flexibility index (Phi) is 5.35. The number of aryl methyl sites for hydroxylation is 1. The van der Waals surface area contributed by atoms with Crippen LogP contribution in [0.25, 0.3) is 0 Å². The van der Waals surface area contributed by atoms with Crippen molar-refractivity contribution >= 4 is 21.4 Å². The lowest BCUT2D eigenvalue weighted by Gasteiger charge is -2.32. The first-order chi connectivity index (χ1) is 14.1.